The number of rotatable bonds is 0. The van der Waals surface area contributed by atoms with Gasteiger partial charge < -0.3 is 4.74 Å². The van der Waals surface area contributed by atoms with Crippen LogP contribution in [0.1, 0.15) is 81.6 Å². The van der Waals surface area contributed by atoms with Gasteiger partial charge in [0.05, 0.1) is 13.2 Å². The third-order valence-electron chi connectivity index (χ3n) is 5.82. The van der Waals surface area contributed by atoms with E-state index in [1.165, 1.54) is 45.4 Å². The maximum absolute atomic E-state index is 5.25. The van der Waals surface area contributed by atoms with Crippen LogP contribution in [-0.4, -0.2) is 83.8 Å². The maximum Gasteiger partial charge on any atom is 0.0594 e. The first kappa shape index (κ1) is 24.9. The van der Waals surface area contributed by atoms with Crippen LogP contribution in [0.5, 0.6) is 0 Å². The van der Waals surface area contributed by atoms with Crippen LogP contribution in [-0.2, 0) is 4.74 Å². The number of nitrogens with zero attached hydrogens (tertiary/aromatic N) is 3. The normalized spacial score (nSPS) is 23.0. The molecule has 3 saturated heterocycles. The summed E-state index contributed by atoms with van der Waals surface area (Å²) < 4.78 is 5.25. The van der Waals surface area contributed by atoms with Crippen molar-refractivity contribution in [2.45, 2.75) is 98.2 Å². The standard InChI is InChI=1S/C8H17NO.C8H17N.C7H15N/c1-8(2,3)9-4-6-10-7-5-9;1-8(2,3)9-6-4-5-7-9;1-7(2,3)8-5-4-6-8/h4-7H2,1-3H3;4-7H2,1-3H3;4-6H2,1-3H3. The van der Waals surface area contributed by atoms with E-state index < -0.39 is 0 Å². The summed E-state index contributed by atoms with van der Waals surface area (Å²) in [5.41, 5.74) is 1.17. The van der Waals surface area contributed by atoms with Gasteiger partial charge in [0.25, 0.3) is 0 Å². The smallest absolute Gasteiger partial charge is 0.0594 e. The Morgan fingerprint density at radius 2 is 0.741 bits per heavy atom. The van der Waals surface area contributed by atoms with Crippen molar-refractivity contribution in [2.75, 3.05) is 52.5 Å². The first-order chi connectivity index (χ1) is 12.3. The van der Waals surface area contributed by atoms with Gasteiger partial charge in [-0.25, -0.2) is 0 Å². The first-order valence-electron chi connectivity index (χ1n) is 11.1. The zero-order valence-electron chi connectivity index (χ0n) is 20.0. The molecule has 3 aliphatic heterocycles. The Morgan fingerprint density at radius 3 is 0.926 bits per heavy atom. The van der Waals surface area contributed by atoms with E-state index in [1.807, 2.05) is 0 Å². The van der Waals surface area contributed by atoms with Gasteiger partial charge in [0.15, 0.2) is 0 Å². The molecule has 3 heterocycles. The zero-order valence-corrected chi connectivity index (χ0v) is 20.0. The second kappa shape index (κ2) is 10.6. The third-order valence-corrected chi connectivity index (χ3v) is 5.82. The molecule has 0 aromatic rings. The van der Waals surface area contributed by atoms with Gasteiger partial charge in [0.2, 0.25) is 0 Å². The minimum Gasteiger partial charge on any atom is -0.379 e. The Balaban J connectivity index is 0.000000204. The fraction of sp³-hybridized carbons (Fsp3) is 1.00. The minimum absolute atomic E-state index is 0.323. The summed E-state index contributed by atoms with van der Waals surface area (Å²) in [5.74, 6) is 0. The molecule has 0 aromatic heterocycles. The van der Waals surface area contributed by atoms with Crippen LogP contribution in [0.3, 0.4) is 0 Å². The summed E-state index contributed by atoms with van der Waals surface area (Å²) in [6.07, 6.45) is 4.20. The van der Waals surface area contributed by atoms with Gasteiger partial charge in [0.1, 0.15) is 0 Å². The second-order valence-electron chi connectivity index (χ2n) is 11.1. The van der Waals surface area contributed by atoms with Gasteiger partial charge in [-0.2, -0.15) is 0 Å². The van der Waals surface area contributed by atoms with Gasteiger partial charge in [-0.15, -0.1) is 0 Å². The molecule has 162 valence electrons. The van der Waals surface area contributed by atoms with Crippen molar-refractivity contribution in [3.05, 3.63) is 0 Å². The molecule has 4 heteroatoms. The Hall–Kier alpha value is -0.160. The van der Waals surface area contributed by atoms with Crippen molar-refractivity contribution in [2.24, 2.45) is 0 Å². The van der Waals surface area contributed by atoms with Crippen LogP contribution < -0.4 is 0 Å². The van der Waals surface area contributed by atoms with E-state index in [0.717, 1.165) is 26.3 Å². The van der Waals surface area contributed by atoms with Gasteiger partial charge in [-0.1, -0.05) is 0 Å². The maximum atomic E-state index is 5.25. The molecule has 0 saturated carbocycles. The third kappa shape index (κ3) is 9.74. The molecular formula is C23H49N3O. The molecule has 4 nitrogen and oxygen atoms in total. The topological polar surface area (TPSA) is 19.0 Å². The molecule has 0 spiro atoms. The molecule has 3 aliphatic rings. The molecule has 0 aliphatic carbocycles. The van der Waals surface area contributed by atoms with Crippen molar-refractivity contribution in [1.82, 2.24) is 14.7 Å². The molecule has 3 fully saturated rings. The molecule has 0 atom stereocenters. The van der Waals surface area contributed by atoms with Crippen molar-refractivity contribution in [3.8, 4) is 0 Å². The molecule has 0 radical (unpaired) electrons. The molecule has 0 amide bonds. The fourth-order valence-corrected chi connectivity index (χ4v) is 3.61. The van der Waals surface area contributed by atoms with Crippen molar-refractivity contribution in [1.29, 1.82) is 0 Å². The molecule has 0 aromatic carbocycles. The first-order valence-corrected chi connectivity index (χ1v) is 11.1. The molecule has 27 heavy (non-hydrogen) atoms. The second-order valence-corrected chi connectivity index (χ2v) is 11.1. The molecule has 0 N–H and O–H groups in total. The average Bonchev–Trinajstić information content (AvgIpc) is 2.99. The van der Waals surface area contributed by atoms with E-state index >= 15 is 0 Å². The van der Waals surface area contributed by atoms with Crippen molar-refractivity contribution in [3.63, 3.8) is 0 Å². The van der Waals surface area contributed by atoms with Gasteiger partial charge in [0, 0.05) is 29.7 Å². The van der Waals surface area contributed by atoms with Gasteiger partial charge in [-0.3, -0.25) is 14.7 Å². The number of ether oxygens (including phenoxy) is 1. The van der Waals surface area contributed by atoms with Crippen LogP contribution in [0, 0.1) is 0 Å². The summed E-state index contributed by atoms with van der Waals surface area (Å²) >= 11 is 0. The Kier molecular flexibility index (Phi) is 9.74. The van der Waals surface area contributed by atoms with Crippen LogP contribution in [0.25, 0.3) is 0 Å². The van der Waals surface area contributed by atoms with E-state index in [2.05, 4.69) is 77.0 Å². The lowest BCUT2D eigenvalue weighted by molar-refractivity contribution is -0.00389. The van der Waals surface area contributed by atoms with E-state index in [9.17, 15) is 0 Å². The Labute approximate surface area is 170 Å². The number of hydrogen-bond acceptors (Lipinski definition) is 4. The van der Waals surface area contributed by atoms with Crippen LogP contribution in [0.15, 0.2) is 0 Å². The SMILES string of the molecule is CC(C)(C)N1CCC1.CC(C)(C)N1CCCC1.CC(C)(C)N1CCOCC1. The molecular weight excluding hydrogens is 334 g/mol. The highest BCUT2D eigenvalue weighted by Gasteiger charge is 2.26. The van der Waals surface area contributed by atoms with Crippen LogP contribution >= 0.6 is 0 Å². The highest BCUT2D eigenvalue weighted by Crippen LogP contribution is 2.20. The quantitative estimate of drug-likeness (QED) is 0.613. The predicted octanol–water partition coefficient (Wildman–Crippen LogP) is 4.49. The van der Waals surface area contributed by atoms with E-state index in [-0.39, 0.29) is 0 Å². The fourth-order valence-electron chi connectivity index (χ4n) is 3.61. The van der Waals surface area contributed by atoms with E-state index in [0.29, 0.717) is 16.6 Å². The molecule has 3 rings (SSSR count). The Morgan fingerprint density at radius 1 is 0.444 bits per heavy atom. The summed E-state index contributed by atoms with van der Waals surface area (Å²) in [4.78, 5) is 7.50. The summed E-state index contributed by atoms with van der Waals surface area (Å²) in [6.45, 7) is 29.6. The number of likely N-dealkylation sites (tertiary alicyclic amines) is 2. The summed E-state index contributed by atoms with van der Waals surface area (Å²) in [7, 11) is 0. The van der Waals surface area contributed by atoms with Gasteiger partial charge >= 0.3 is 0 Å². The van der Waals surface area contributed by atoms with E-state index in [4.69, 9.17) is 4.74 Å². The Bertz CT molecular complexity index is 387. The summed E-state index contributed by atoms with van der Waals surface area (Å²) in [5, 5.41) is 0. The summed E-state index contributed by atoms with van der Waals surface area (Å²) in [6, 6.07) is 0. The highest BCUT2D eigenvalue weighted by atomic mass is 16.5. The lowest BCUT2D eigenvalue weighted by Gasteiger charge is -2.42. The van der Waals surface area contributed by atoms with Crippen LogP contribution in [0.2, 0.25) is 0 Å². The van der Waals surface area contributed by atoms with Gasteiger partial charge in [-0.05, 0) is 108 Å². The number of morpholine rings is 1. The van der Waals surface area contributed by atoms with Crippen molar-refractivity contribution < 1.29 is 4.74 Å². The monoisotopic (exact) mass is 383 g/mol. The highest BCUT2D eigenvalue weighted by molar-refractivity contribution is 4.82. The average molecular weight is 384 g/mol. The van der Waals surface area contributed by atoms with Crippen LogP contribution in [0.4, 0.5) is 0 Å². The van der Waals surface area contributed by atoms with Crippen molar-refractivity contribution >= 4 is 0 Å². The largest absolute Gasteiger partial charge is 0.379 e. The number of hydrogen-bond donors (Lipinski definition) is 0. The lowest BCUT2D eigenvalue weighted by Crippen LogP contribution is -2.49. The minimum atomic E-state index is 0.323. The van der Waals surface area contributed by atoms with E-state index in [1.54, 1.807) is 0 Å². The lowest BCUT2D eigenvalue weighted by atomic mass is 10.0. The predicted molar refractivity (Wildman–Crippen MR) is 119 cm³/mol. The zero-order chi connectivity index (χ0) is 20.7. The molecule has 0 bridgehead atoms. The molecule has 0 unspecified atom stereocenters.